The lowest BCUT2D eigenvalue weighted by Crippen LogP contribution is -2.23. The first-order valence-electron chi connectivity index (χ1n) is 7.22. The molecular formula is C18H18FNS. The Morgan fingerprint density at radius 1 is 1.10 bits per heavy atom. The summed E-state index contributed by atoms with van der Waals surface area (Å²) in [5.74, 6) is -0.136. The second kappa shape index (κ2) is 6.37. The highest BCUT2D eigenvalue weighted by molar-refractivity contribution is 7.17. The zero-order valence-corrected chi connectivity index (χ0v) is 12.8. The van der Waals surface area contributed by atoms with E-state index in [1.807, 2.05) is 12.1 Å². The lowest BCUT2D eigenvalue weighted by atomic mass is 9.98. The highest BCUT2D eigenvalue weighted by Gasteiger charge is 2.16. The standard InChI is InChI=1S/C18H18FNS/c1-2-20-17(15-8-3-5-9-16(15)19)11-13-12-21-18-10-6-4-7-14(13)18/h3-10,12,17,20H,2,11H2,1H3. The molecule has 1 N–H and O–H groups in total. The molecule has 3 rings (SSSR count). The van der Waals surface area contributed by atoms with Crippen molar-refractivity contribution in [3.05, 3.63) is 70.9 Å². The number of thiophene rings is 1. The molecular weight excluding hydrogens is 281 g/mol. The third-order valence-electron chi connectivity index (χ3n) is 3.72. The molecule has 0 bridgehead atoms. The van der Waals surface area contributed by atoms with Gasteiger partial charge in [-0.05, 0) is 41.4 Å². The Kier molecular flexibility index (Phi) is 4.32. The van der Waals surface area contributed by atoms with Crippen LogP contribution in [-0.4, -0.2) is 6.54 Å². The van der Waals surface area contributed by atoms with Crippen molar-refractivity contribution in [2.24, 2.45) is 0 Å². The molecule has 0 spiro atoms. The molecule has 0 aliphatic heterocycles. The Labute approximate surface area is 128 Å². The van der Waals surface area contributed by atoms with Crippen LogP contribution in [-0.2, 0) is 6.42 Å². The van der Waals surface area contributed by atoms with Crippen LogP contribution in [0.3, 0.4) is 0 Å². The second-order valence-electron chi connectivity index (χ2n) is 5.09. The van der Waals surface area contributed by atoms with Crippen molar-refractivity contribution in [2.45, 2.75) is 19.4 Å². The molecule has 1 nitrogen and oxygen atoms in total. The van der Waals surface area contributed by atoms with E-state index < -0.39 is 0 Å². The number of benzene rings is 2. The first-order valence-corrected chi connectivity index (χ1v) is 8.10. The highest BCUT2D eigenvalue weighted by Crippen LogP contribution is 2.30. The average Bonchev–Trinajstić information content (AvgIpc) is 2.91. The van der Waals surface area contributed by atoms with E-state index in [0.29, 0.717) is 0 Å². The zero-order chi connectivity index (χ0) is 14.7. The molecule has 2 aromatic carbocycles. The monoisotopic (exact) mass is 299 g/mol. The van der Waals surface area contributed by atoms with Crippen LogP contribution in [0.2, 0.25) is 0 Å². The molecule has 21 heavy (non-hydrogen) atoms. The summed E-state index contributed by atoms with van der Waals surface area (Å²) in [7, 11) is 0. The van der Waals surface area contributed by atoms with Crippen molar-refractivity contribution >= 4 is 21.4 Å². The van der Waals surface area contributed by atoms with Crippen molar-refractivity contribution in [2.75, 3.05) is 6.54 Å². The predicted octanol–water partition coefficient (Wildman–Crippen LogP) is 4.93. The van der Waals surface area contributed by atoms with E-state index in [4.69, 9.17) is 0 Å². The molecule has 0 fully saturated rings. The van der Waals surface area contributed by atoms with E-state index in [-0.39, 0.29) is 11.9 Å². The number of rotatable bonds is 5. The molecule has 0 saturated heterocycles. The summed E-state index contributed by atoms with van der Waals surface area (Å²) in [6.45, 7) is 2.88. The van der Waals surface area contributed by atoms with Crippen LogP contribution < -0.4 is 5.32 Å². The summed E-state index contributed by atoms with van der Waals surface area (Å²) in [6.07, 6.45) is 0.804. The SMILES string of the molecule is CCNC(Cc1csc2ccccc12)c1ccccc1F. The van der Waals surface area contributed by atoms with Crippen molar-refractivity contribution in [3.63, 3.8) is 0 Å². The average molecular weight is 299 g/mol. The molecule has 1 heterocycles. The van der Waals surface area contributed by atoms with E-state index in [0.717, 1.165) is 18.5 Å². The minimum Gasteiger partial charge on any atom is -0.310 e. The van der Waals surface area contributed by atoms with Crippen LogP contribution >= 0.6 is 11.3 Å². The molecule has 3 aromatic rings. The van der Waals surface area contributed by atoms with Gasteiger partial charge in [-0.3, -0.25) is 0 Å². The van der Waals surface area contributed by atoms with Gasteiger partial charge in [0.15, 0.2) is 0 Å². The highest BCUT2D eigenvalue weighted by atomic mass is 32.1. The van der Waals surface area contributed by atoms with Crippen molar-refractivity contribution in [1.29, 1.82) is 0 Å². The quantitative estimate of drug-likeness (QED) is 0.704. The third-order valence-corrected chi connectivity index (χ3v) is 4.73. The van der Waals surface area contributed by atoms with Gasteiger partial charge >= 0.3 is 0 Å². The van der Waals surface area contributed by atoms with E-state index in [1.54, 1.807) is 17.4 Å². The third kappa shape index (κ3) is 2.99. The molecule has 0 radical (unpaired) electrons. The second-order valence-corrected chi connectivity index (χ2v) is 6.00. The first-order chi connectivity index (χ1) is 10.3. The predicted molar refractivity (Wildman–Crippen MR) is 88.3 cm³/mol. The Morgan fingerprint density at radius 3 is 2.67 bits per heavy atom. The van der Waals surface area contributed by atoms with Crippen LogP contribution in [0.15, 0.2) is 53.9 Å². The normalized spacial score (nSPS) is 12.7. The van der Waals surface area contributed by atoms with Crippen molar-refractivity contribution < 1.29 is 4.39 Å². The van der Waals surface area contributed by atoms with Gasteiger partial charge < -0.3 is 5.32 Å². The molecule has 0 saturated carbocycles. The summed E-state index contributed by atoms with van der Waals surface area (Å²) in [6, 6.07) is 15.4. The number of likely N-dealkylation sites (N-methyl/N-ethyl adjacent to an activating group) is 1. The molecule has 1 atom stereocenters. The molecule has 1 aromatic heterocycles. The van der Waals surface area contributed by atoms with Crippen LogP contribution in [0, 0.1) is 5.82 Å². The number of halogens is 1. The number of fused-ring (bicyclic) bond motifs is 1. The lowest BCUT2D eigenvalue weighted by molar-refractivity contribution is 0.511. The maximum absolute atomic E-state index is 14.1. The van der Waals surface area contributed by atoms with E-state index in [1.165, 1.54) is 21.7 Å². The fourth-order valence-corrected chi connectivity index (χ4v) is 3.68. The number of hydrogen-bond acceptors (Lipinski definition) is 2. The van der Waals surface area contributed by atoms with Gasteiger partial charge in [-0.15, -0.1) is 11.3 Å². The largest absolute Gasteiger partial charge is 0.310 e. The van der Waals surface area contributed by atoms with Gasteiger partial charge in [0.05, 0.1) is 0 Å². The van der Waals surface area contributed by atoms with Crippen LogP contribution in [0.1, 0.15) is 24.1 Å². The molecule has 108 valence electrons. The maximum atomic E-state index is 14.1. The van der Waals surface area contributed by atoms with Gasteiger partial charge in [0.25, 0.3) is 0 Å². The van der Waals surface area contributed by atoms with Gasteiger partial charge in [0.1, 0.15) is 5.82 Å². The Balaban J connectivity index is 1.94. The molecule has 3 heteroatoms. The smallest absolute Gasteiger partial charge is 0.127 e. The summed E-state index contributed by atoms with van der Waals surface area (Å²) in [5, 5.41) is 6.88. The Bertz CT molecular complexity index is 735. The first kappa shape index (κ1) is 14.2. The summed E-state index contributed by atoms with van der Waals surface area (Å²) in [4.78, 5) is 0. The fourth-order valence-electron chi connectivity index (χ4n) is 2.71. The molecule has 0 amide bonds. The van der Waals surface area contributed by atoms with Crippen LogP contribution in [0.4, 0.5) is 4.39 Å². The van der Waals surface area contributed by atoms with E-state index in [9.17, 15) is 4.39 Å². The van der Waals surface area contributed by atoms with E-state index >= 15 is 0 Å². The Hall–Kier alpha value is -1.71. The lowest BCUT2D eigenvalue weighted by Gasteiger charge is -2.18. The number of hydrogen-bond donors (Lipinski definition) is 1. The van der Waals surface area contributed by atoms with Crippen molar-refractivity contribution in [3.8, 4) is 0 Å². The molecule has 0 aliphatic rings. The van der Waals surface area contributed by atoms with E-state index in [2.05, 4.69) is 41.9 Å². The Morgan fingerprint density at radius 2 is 1.86 bits per heavy atom. The topological polar surface area (TPSA) is 12.0 Å². The minimum atomic E-state index is -0.136. The molecule has 1 unspecified atom stereocenters. The summed E-state index contributed by atoms with van der Waals surface area (Å²) >= 11 is 1.75. The maximum Gasteiger partial charge on any atom is 0.127 e. The fraction of sp³-hybridized carbons (Fsp3) is 0.222. The number of nitrogens with one attached hydrogen (secondary N) is 1. The van der Waals surface area contributed by atoms with Gasteiger partial charge in [0.2, 0.25) is 0 Å². The van der Waals surface area contributed by atoms with Gasteiger partial charge in [-0.1, -0.05) is 43.3 Å². The molecule has 0 aliphatic carbocycles. The summed E-state index contributed by atoms with van der Waals surface area (Å²) < 4.78 is 15.4. The summed E-state index contributed by atoms with van der Waals surface area (Å²) in [5.41, 5.74) is 2.03. The zero-order valence-electron chi connectivity index (χ0n) is 12.0. The van der Waals surface area contributed by atoms with Crippen molar-refractivity contribution in [1.82, 2.24) is 5.32 Å². The van der Waals surface area contributed by atoms with Gasteiger partial charge in [0, 0.05) is 16.3 Å². The van der Waals surface area contributed by atoms with Crippen LogP contribution in [0.5, 0.6) is 0 Å². The van der Waals surface area contributed by atoms with Gasteiger partial charge in [-0.25, -0.2) is 4.39 Å². The minimum absolute atomic E-state index is 0.00852. The van der Waals surface area contributed by atoms with Crippen LogP contribution in [0.25, 0.3) is 10.1 Å². The van der Waals surface area contributed by atoms with Gasteiger partial charge in [-0.2, -0.15) is 0 Å².